The Hall–Kier alpha value is -2.17. The van der Waals surface area contributed by atoms with Gasteiger partial charge < -0.3 is 10.7 Å². The molecular formula is C22H29N3O2. The molecule has 0 saturated heterocycles. The fraction of sp³-hybridized carbons (Fsp3) is 0.591. The Morgan fingerprint density at radius 1 is 1.19 bits per heavy atom. The van der Waals surface area contributed by atoms with E-state index in [2.05, 4.69) is 16.9 Å². The lowest BCUT2D eigenvalue weighted by Crippen LogP contribution is -2.31. The number of rotatable bonds is 3. The molecule has 27 heavy (non-hydrogen) atoms. The quantitative estimate of drug-likeness (QED) is 0.855. The van der Waals surface area contributed by atoms with E-state index in [1.165, 1.54) is 44.9 Å². The number of fused-ring (bicyclic) bond motifs is 1. The molecule has 2 aromatic rings. The van der Waals surface area contributed by atoms with E-state index >= 15 is 0 Å². The summed E-state index contributed by atoms with van der Waals surface area (Å²) in [5, 5.41) is 0.312. The normalized spacial score (nSPS) is 26.9. The van der Waals surface area contributed by atoms with Crippen LogP contribution in [-0.2, 0) is 0 Å². The number of aromatic amines is 1. The van der Waals surface area contributed by atoms with E-state index < -0.39 is 5.91 Å². The van der Waals surface area contributed by atoms with Crippen molar-refractivity contribution >= 4 is 16.8 Å². The van der Waals surface area contributed by atoms with Gasteiger partial charge in [-0.25, -0.2) is 0 Å². The minimum atomic E-state index is -0.662. The number of aromatic nitrogens is 2. The van der Waals surface area contributed by atoms with E-state index in [0.717, 1.165) is 24.0 Å². The molecule has 144 valence electrons. The van der Waals surface area contributed by atoms with Crippen LogP contribution >= 0.6 is 0 Å². The van der Waals surface area contributed by atoms with Gasteiger partial charge in [-0.1, -0.05) is 45.4 Å². The molecule has 0 aliphatic heterocycles. The number of nitrogens with one attached hydrogen (secondary N) is 1. The Morgan fingerprint density at radius 3 is 2.70 bits per heavy atom. The molecule has 0 radical (unpaired) electrons. The van der Waals surface area contributed by atoms with E-state index in [9.17, 15) is 9.59 Å². The second-order valence-corrected chi connectivity index (χ2v) is 8.62. The SMILES string of the molecule is C[C@H]1CC[C@@H](c2cc(=O)c3c(C(N)=O)nccc3[nH]2)C(C2CCCCC2)C1. The molecule has 3 atom stereocenters. The molecule has 4 rings (SSSR count). The fourth-order valence-corrected chi connectivity index (χ4v) is 5.50. The molecule has 1 unspecified atom stereocenters. The molecular weight excluding hydrogens is 338 g/mol. The van der Waals surface area contributed by atoms with E-state index in [-0.39, 0.29) is 11.1 Å². The maximum Gasteiger partial charge on any atom is 0.268 e. The molecule has 2 fully saturated rings. The highest BCUT2D eigenvalue weighted by molar-refractivity contribution is 6.03. The van der Waals surface area contributed by atoms with E-state index in [1.54, 1.807) is 18.3 Å². The van der Waals surface area contributed by atoms with Crippen LogP contribution in [0, 0.1) is 17.8 Å². The van der Waals surface area contributed by atoms with Crippen molar-refractivity contribution in [1.29, 1.82) is 0 Å². The van der Waals surface area contributed by atoms with Crippen LogP contribution in [0.4, 0.5) is 0 Å². The van der Waals surface area contributed by atoms with Gasteiger partial charge in [0.05, 0.1) is 10.9 Å². The van der Waals surface area contributed by atoms with Gasteiger partial charge in [-0.15, -0.1) is 0 Å². The van der Waals surface area contributed by atoms with Crippen LogP contribution < -0.4 is 11.2 Å². The molecule has 2 aliphatic carbocycles. The topological polar surface area (TPSA) is 88.8 Å². The Bertz CT molecular complexity index is 898. The van der Waals surface area contributed by atoms with Crippen LogP contribution in [0.15, 0.2) is 23.1 Å². The number of primary amides is 1. The summed E-state index contributed by atoms with van der Waals surface area (Å²) in [4.78, 5) is 32.0. The zero-order valence-corrected chi connectivity index (χ0v) is 16.0. The van der Waals surface area contributed by atoms with Crippen molar-refractivity contribution in [3.63, 3.8) is 0 Å². The van der Waals surface area contributed by atoms with Gasteiger partial charge in [0.2, 0.25) is 0 Å². The molecule has 3 N–H and O–H groups in total. The molecule has 0 spiro atoms. The number of nitrogens with two attached hydrogens (primary N) is 1. The van der Waals surface area contributed by atoms with Crippen molar-refractivity contribution in [1.82, 2.24) is 9.97 Å². The maximum absolute atomic E-state index is 12.8. The number of pyridine rings is 2. The number of amides is 1. The van der Waals surface area contributed by atoms with Gasteiger partial charge in [0.15, 0.2) is 5.43 Å². The summed E-state index contributed by atoms with van der Waals surface area (Å²) in [7, 11) is 0. The lowest BCUT2D eigenvalue weighted by Gasteiger charge is -2.41. The standard InChI is InChI=1S/C22H29N3O2/c1-13-7-8-15(16(11-13)14-5-3-2-4-6-14)18-12-19(26)20-17(25-18)9-10-24-21(20)22(23)27/h9-10,12-16H,2-8,11H2,1H3,(H2,23,27)(H,25,26)/t13-,15+,16?/m0/s1. The van der Waals surface area contributed by atoms with Crippen LogP contribution in [0.25, 0.3) is 10.9 Å². The molecule has 0 aromatic carbocycles. The average Bonchev–Trinajstić information content (AvgIpc) is 2.68. The lowest BCUT2D eigenvalue weighted by atomic mass is 9.64. The first-order valence-corrected chi connectivity index (χ1v) is 10.4. The van der Waals surface area contributed by atoms with Gasteiger partial charge in [0, 0.05) is 23.9 Å². The summed E-state index contributed by atoms with van der Waals surface area (Å²) < 4.78 is 0. The van der Waals surface area contributed by atoms with Crippen molar-refractivity contribution in [2.45, 2.75) is 64.2 Å². The third-order valence-electron chi connectivity index (χ3n) is 6.81. The van der Waals surface area contributed by atoms with Crippen LogP contribution in [0.3, 0.4) is 0 Å². The maximum atomic E-state index is 12.8. The highest BCUT2D eigenvalue weighted by atomic mass is 16.1. The van der Waals surface area contributed by atoms with Crippen LogP contribution in [-0.4, -0.2) is 15.9 Å². The van der Waals surface area contributed by atoms with Gasteiger partial charge in [-0.3, -0.25) is 14.6 Å². The summed E-state index contributed by atoms with van der Waals surface area (Å²) >= 11 is 0. The second-order valence-electron chi connectivity index (χ2n) is 8.62. The second kappa shape index (κ2) is 7.45. The van der Waals surface area contributed by atoms with Gasteiger partial charge in [-0.2, -0.15) is 0 Å². The number of hydrogen-bond acceptors (Lipinski definition) is 3. The number of hydrogen-bond donors (Lipinski definition) is 2. The van der Waals surface area contributed by atoms with E-state index in [4.69, 9.17) is 5.73 Å². The highest BCUT2D eigenvalue weighted by Gasteiger charge is 2.36. The fourth-order valence-electron chi connectivity index (χ4n) is 5.50. The lowest BCUT2D eigenvalue weighted by molar-refractivity contribution is 0.0997. The zero-order valence-electron chi connectivity index (χ0n) is 16.0. The molecule has 2 heterocycles. The van der Waals surface area contributed by atoms with Crippen molar-refractivity contribution in [3.05, 3.63) is 39.9 Å². The van der Waals surface area contributed by atoms with Crippen molar-refractivity contribution in [2.75, 3.05) is 0 Å². The van der Waals surface area contributed by atoms with Gasteiger partial charge >= 0.3 is 0 Å². The highest BCUT2D eigenvalue weighted by Crippen LogP contribution is 2.47. The number of carbonyl (C=O) groups excluding carboxylic acids is 1. The first-order valence-electron chi connectivity index (χ1n) is 10.4. The van der Waals surface area contributed by atoms with Crippen molar-refractivity contribution in [2.24, 2.45) is 23.5 Å². The molecule has 1 amide bonds. The van der Waals surface area contributed by atoms with Crippen LogP contribution in [0.1, 0.15) is 80.4 Å². The molecule has 5 nitrogen and oxygen atoms in total. The van der Waals surface area contributed by atoms with Crippen LogP contribution in [0.5, 0.6) is 0 Å². The largest absolute Gasteiger partial charge is 0.364 e. The van der Waals surface area contributed by atoms with Gasteiger partial charge in [-0.05, 0) is 36.7 Å². The Labute approximate surface area is 159 Å². The summed E-state index contributed by atoms with van der Waals surface area (Å²) in [6, 6.07) is 3.47. The zero-order chi connectivity index (χ0) is 19.0. The summed E-state index contributed by atoms with van der Waals surface area (Å²) in [6.07, 6.45) is 11.8. The molecule has 0 bridgehead atoms. The smallest absolute Gasteiger partial charge is 0.268 e. The summed E-state index contributed by atoms with van der Waals surface area (Å²) in [5.74, 6) is 1.90. The minimum absolute atomic E-state index is 0.0568. The minimum Gasteiger partial charge on any atom is -0.364 e. The Balaban J connectivity index is 1.75. The summed E-state index contributed by atoms with van der Waals surface area (Å²) in [5.41, 5.74) is 7.01. The monoisotopic (exact) mass is 367 g/mol. The third kappa shape index (κ3) is 3.52. The van der Waals surface area contributed by atoms with Crippen molar-refractivity contribution < 1.29 is 4.79 Å². The Morgan fingerprint density at radius 2 is 1.96 bits per heavy atom. The average molecular weight is 367 g/mol. The first kappa shape index (κ1) is 18.2. The van der Waals surface area contributed by atoms with Crippen LogP contribution in [0.2, 0.25) is 0 Å². The number of carbonyl (C=O) groups is 1. The van der Waals surface area contributed by atoms with E-state index in [0.29, 0.717) is 22.7 Å². The molecule has 2 aromatic heterocycles. The Kier molecular flexibility index (Phi) is 5.02. The summed E-state index contributed by atoms with van der Waals surface area (Å²) in [6.45, 7) is 2.36. The number of nitrogens with zero attached hydrogens (tertiary/aromatic N) is 1. The van der Waals surface area contributed by atoms with Gasteiger partial charge in [0.25, 0.3) is 5.91 Å². The van der Waals surface area contributed by atoms with E-state index in [1.807, 2.05) is 0 Å². The third-order valence-corrected chi connectivity index (χ3v) is 6.81. The predicted molar refractivity (Wildman–Crippen MR) is 107 cm³/mol. The number of H-pyrrole nitrogens is 1. The molecule has 2 saturated carbocycles. The first-order chi connectivity index (χ1) is 13.0. The predicted octanol–water partition coefficient (Wildman–Crippen LogP) is 4.12. The molecule has 5 heteroatoms. The molecule has 2 aliphatic rings. The van der Waals surface area contributed by atoms with Crippen molar-refractivity contribution in [3.8, 4) is 0 Å². The van der Waals surface area contributed by atoms with Gasteiger partial charge in [0.1, 0.15) is 5.69 Å².